The molecule has 0 aliphatic carbocycles. The van der Waals surface area contributed by atoms with Gasteiger partial charge in [-0.05, 0) is 23.8 Å². The molecule has 2 aromatic rings. The smallest absolute Gasteiger partial charge is 0.262 e. The Kier molecular flexibility index (Phi) is 8.63. The normalized spacial score (nSPS) is 18.5. The Morgan fingerprint density at radius 1 is 0.968 bits per heavy atom. The second-order valence-electron chi connectivity index (χ2n) is 7.81. The molecule has 1 saturated heterocycles. The zero-order valence-electron chi connectivity index (χ0n) is 18.0. The van der Waals surface area contributed by atoms with Gasteiger partial charge in [-0.1, -0.05) is 42.5 Å². The van der Waals surface area contributed by atoms with Gasteiger partial charge in [-0.15, -0.1) is 0 Å². The van der Waals surface area contributed by atoms with Crippen LogP contribution in [0.3, 0.4) is 0 Å². The fourth-order valence-corrected chi connectivity index (χ4v) is 3.71. The first-order valence-corrected chi connectivity index (χ1v) is 10.7. The summed E-state index contributed by atoms with van der Waals surface area (Å²) in [6.45, 7) is 6.18. The number of amides is 2. The summed E-state index contributed by atoms with van der Waals surface area (Å²) in [5.41, 5.74) is 7.14. The van der Waals surface area contributed by atoms with Gasteiger partial charge >= 0.3 is 0 Å². The number of hydrogen-bond acceptors (Lipinski definition) is 3. The molecule has 7 heteroatoms. The third-order valence-corrected chi connectivity index (χ3v) is 5.51. The van der Waals surface area contributed by atoms with E-state index < -0.39 is 0 Å². The van der Waals surface area contributed by atoms with Gasteiger partial charge < -0.3 is 14.5 Å². The maximum absolute atomic E-state index is 12.1. The summed E-state index contributed by atoms with van der Waals surface area (Å²) < 4.78 is 5.16. The van der Waals surface area contributed by atoms with Crippen molar-refractivity contribution in [3.63, 3.8) is 0 Å². The van der Waals surface area contributed by atoms with Crippen molar-refractivity contribution in [1.82, 2.24) is 10.9 Å². The minimum atomic E-state index is -0.373. The zero-order chi connectivity index (χ0) is 21.9. The van der Waals surface area contributed by atoms with Gasteiger partial charge in [0, 0.05) is 11.6 Å². The van der Waals surface area contributed by atoms with Gasteiger partial charge in [0.05, 0.1) is 20.1 Å². The number of hydrogen-bond donors (Lipinski definition) is 4. The maximum atomic E-state index is 12.1. The number of ether oxygens (including phenoxy) is 1. The van der Waals surface area contributed by atoms with E-state index in [1.165, 1.54) is 16.5 Å². The van der Waals surface area contributed by atoms with Gasteiger partial charge in [-0.3, -0.25) is 20.4 Å². The minimum absolute atomic E-state index is 0.172. The molecule has 2 aromatic carbocycles. The van der Waals surface area contributed by atoms with Gasteiger partial charge in [0.25, 0.3) is 5.91 Å². The van der Waals surface area contributed by atoms with Gasteiger partial charge in [-0.2, -0.15) is 0 Å². The molecule has 0 atom stereocenters. The van der Waals surface area contributed by atoms with E-state index in [1.54, 1.807) is 18.1 Å². The highest BCUT2D eigenvalue weighted by Gasteiger charge is 2.23. The predicted octanol–water partition coefficient (Wildman–Crippen LogP) is -0.770. The highest BCUT2D eigenvalue weighted by atomic mass is 16.5. The number of methoxy groups -OCH3 is 1. The summed E-state index contributed by atoms with van der Waals surface area (Å²) in [6.07, 6.45) is 3.45. The van der Waals surface area contributed by atoms with Crippen LogP contribution in [0.5, 0.6) is 5.75 Å². The molecule has 0 aromatic heterocycles. The summed E-state index contributed by atoms with van der Waals surface area (Å²) in [4.78, 5) is 27.0. The number of rotatable bonds is 8. The van der Waals surface area contributed by atoms with E-state index in [0.717, 1.165) is 50.6 Å². The fraction of sp³-hybridized carbons (Fsp3) is 0.333. The molecule has 164 valence electrons. The third kappa shape index (κ3) is 7.88. The Balaban J connectivity index is 1.30. The van der Waals surface area contributed by atoms with Gasteiger partial charge in [0.1, 0.15) is 38.5 Å². The van der Waals surface area contributed by atoms with Gasteiger partial charge in [0.2, 0.25) is 5.91 Å². The van der Waals surface area contributed by atoms with Crippen LogP contribution in [0.2, 0.25) is 0 Å². The zero-order valence-corrected chi connectivity index (χ0v) is 18.0. The lowest BCUT2D eigenvalue weighted by Crippen LogP contribution is -3.27. The van der Waals surface area contributed by atoms with Crippen LogP contribution in [0.4, 0.5) is 0 Å². The lowest BCUT2D eigenvalue weighted by Gasteiger charge is -2.29. The molecule has 7 nitrogen and oxygen atoms in total. The van der Waals surface area contributed by atoms with Crippen molar-refractivity contribution >= 4 is 17.9 Å². The van der Waals surface area contributed by atoms with Crippen LogP contribution in [-0.4, -0.2) is 51.6 Å². The topological polar surface area (TPSA) is 76.3 Å². The van der Waals surface area contributed by atoms with E-state index in [2.05, 4.69) is 35.1 Å². The Labute approximate surface area is 183 Å². The quantitative estimate of drug-likeness (QED) is 0.332. The molecule has 1 heterocycles. The van der Waals surface area contributed by atoms with Crippen LogP contribution in [-0.2, 0) is 16.1 Å². The number of nitrogens with one attached hydrogen (secondary N) is 4. The number of carbonyl (C=O) groups is 2. The second kappa shape index (κ2) is 11.9. The second-order valence-corrected chi connectivity index (χ2v) is 7.81. The first kappa shape index (κ1) is 22.5. The molecule has 4 N–H and O–H groups in total. The van der Waals surface area contributed by atoms with Crippen LogP contribution in [0.1, 0.15) is 17.5 Å². The number of hydrazine groups is 1. The van der Waals surface area contributed by atoms with Crippen LogP contribution >= 0.6 is 0 Å². The summed E-state index contributed by atoms with van der Waals surface area (Å²) in [6, 6.07) is 18.0. The first-order chi connectivity index (χ1) is 15.1. The minimum Gasteiger partial charge on any atom is -0.497 e. The van der Waals surface area contributed by atoms with Crippen LogP contribution in [0, 0.1) is 0 Å². The number of carbonyl (C=O) groups excluding carboxylic acids is 2. The molecule has 0 bridgehead atoms. The van der Waals surface area contributed by atoms with Gasteiger partial charge in [0.15, 0.2) is 0 Å². The molecule has 2 amide bonds. The molecule has 0 radical (unpaired) electrons. The van der Waals surface area contributed by atoms with Gasteiger partial charge in [-0.25, -0.2) is 0 Å². The van der Waals surface area contributed by atoms with Crippen molar-refractivity contribution in [3.8, 4) is 5.75 Å². The highest BCUT2D eigenvalue weighted by molar-refractivity contribution is 5.93. The summed E-state index contributed by atoms with van der Waals surface area (Å²) in [5, 5.41) is 0. The molecule has 1 aliphatic rings. The van der Waals surface area contributed by atoms with Crippen molar-refractivity contribution in [1.29, 1.82) is 0 Å². The summed E-state index contributed by atoms with van der Waals surface area (Å²) in [5.74, 6) is 0.178. The number of piperazine rings is 1. The standard InChI is InChI=1S/C24H30N4O3/c1-31-22-9-5-8-20(18-22)10-11-23(29)25-26-24(30)12-13-27-14-16-28(17-15-27)19-21-6-3-2-4-7-21/h2-11,18H,12-17,19H2,1H3,(H,25,29)(H,26,30)/p+2/b11-10+. The van der Waals surface area contributed by atoms with E-state index >= 15 is 0 Å². The molecule has 1 aliphatic heterocycles. The average molecular weight is 425 g/mol. The SMILES string of the molecule is COc1cccc(/C=C/C(=O)NNC(=O)CC[NH+]2CC[NH+](Cc3ccccc3)CC2)c1. The molecule has 0 saturated carbocycles. The fourth-order valence-electron chi connectivity index (χ4n) is 3.71. The van der Waals surface area contributed by atoms with Crippen LogP contribution in [0.25, 0.3) is 6.08 Å². The molecule has 31 heavy (non-hydrogen) atoms. The Morgan fingerprint density at radius 2 is 1.71 bits per heavy atom. The Morgan fingerprint density at radius 3 is 2.45 bits per heavy atom. The summed E-state index contributed by atoms with van der Waals surface area (Å²) >= 11 is 0. The monoisotopic (exact) mass is 424 g/mol. The van der Waals surface area contributed by atoms with Crippen molar-refractivity contribution in [3.05, 3.63) is 71.8 Å². The van der Waals surface area contributed by atoms with Crippen molar-refractivity contribution in [2.45, 2.75) is 13.0 Å². The lowest BCUT2D eigenvalue weighted by atomic mass is 10.2. The van der Waals surface area contributed by atoms with Crippen LogP contribution in [0.15, 0.2) is 60.7 Å². The molecular formula is C24H32N4O3+2. The van der Waals surface area contributed by atoms with Crippen LogP contribution < -0.4 is 25.4 Å². The molecule has 3 rings (SSSR count). The Bertz CT molecular complexity index is 877. The van der Waals surface area contributed by atoms with E-state index in [-0.39, 0.29) is 11.8 Å². The van der Waals surface area contributed by atoms with E-state index in [4.69, 9.17) is 4.74 Å². The molecule has 1 fully saturated rings. The number of benzene rings is 2. The largest absolute Gasteiger partial charge is 0.497 e. The van der Waals surface area contributed by atoms with Crippen molar-refractivity contribution in [2.75, 3.05) is 39.8 Å². The van der Waals surface area contributed by atoms with E-state index in [1.807, 2.05) is 30.3 Å². The molecular weight excluding hydrogens is 392 g/mol. The Hall–Kier alpha value is -3.16. The average Bonchev–Trinajstić information content (AvgIpc) is 2.81. The van der Waals surface area contributed by atoms with E-state index in [0.29, 0.717) is 6.42 Å². The first-order valence-electron chi connectivity index (χ1n) is 10.7. The molecule has 0 unspecified atom stereocenters. The maximum Gasteiger partial charge on any atom is 0.262 e. The highest BCUT2D eigenvalue weighted by Crippen LogP contribution is 2.13. The number of quaternary nitrogens is 2. The third-order valence-electron chi connectivity index (χ3n) is 5.51. The predicted molar refractivity (Wildman–Crippen MR) is 119 cm³/mol. The molecule has 0 spiro atoms. The van der Waals surface area contributed by atoms with E-state index in [9.17, 15) is 9.59 Å². The lowest BCUT2D eigenvalue weighted by molar-refractivity contribution is -1.02. The van der Waals surface area contributed by atoms with Crippen molar-refractivity contribution in [2.24, 2.45) is 0 Å². The summed E-state index contributed by atoms with van der Waals surface area (Å²) in [7, 11) is 1.60. The van der Waals surface area contributed by atoms with Crippen molar-refractivity contribution < 1.29 is 24.1 Å².